The van der Waals surface area contributed by atoms with Gasteiger partial charge in [-0.05, 0) is 40.8 Å². The quantitative estimate of drug-likeness (QED) is 0.450. The molecule has 0 fully saturated rings. The maximum Gasteiger partial charge on any atom is 0.263 e. The molecule has 0 bridgehead atoms. The molecule has 0 N–H and O–H groups in total. The van der Waals surface area contributed by atoms with E-state index in [-0.39, 0.29) is 0 Å². The molecular weight excluding hydrogens is 333 g/mol. The summed E-state index contributed by atoms with van der Waals surface area (Å²) in [6.45, 7) is 0. The number of nitrogens with zero attached hydrogens (tertiary/aromatic N) is 1. The van der Waals surface area contributed by atoms with Gasteiger partial charge in [-0.15, -0.1) is 0 Å². The number of hydrogen-bond acceptors (Lipinski definition) is 2. The van der Waals surface area contributed by atoms with Gasteiger partial charge in [-0.2, -0.15) is 5.26 Å². The molecule has 0 aliphatic carbocycles. The monoisotopic (exact) mass is 335 g/mol. The highest BCUT2D eigenvalue weighted by Crippen LogP contribution is 2.18. The molecule has 0 unspecified atom stereocenters. The summed E-state index contributed by atoms with van der Waals surface area (Å²) >= 11 is 5.25. The Morgan fingerprint density at radius 3 is 2.83 bits per heavy atom. The zero-order valence-corrected chi connectivity index (χ0v) is 9.59. The van der Waals surface area contributed by atoms with Crippen molar-refractivity contribution in [1.29, 1.82) is 5.26 Å². The third kappa shape index (κ3) is 2.05. The second kappa shape index (κ2) is 4.01. The summed E-state index contributed by atoms with van der Waals surface area (Å²) < 4.78 is 1.60. The normalized spacial score (nSPS) is 9.08. The van der Waals surface area contributed by atoms with Gasteiger partial charge in [0.05, 0.1) is 0 Å². The van der Waals surface area contributed by atoms with Crippen LogP contribution in [0.3, 0.4) is 0 Å². The van der Waals surface area contributed by atoms with Gasteiger partial charge in [0, 0.05) is 13.6 Å². The van der Waals surface area contributed by atoms with Crippen molar-refractivity contribution in [3.8, 4) is 6.07 Å². The van der Waals surface area contributed by atoms with E-state index < -0.39 is 5.78 Å². The Hall–Kier alpha value is -0.410. The minimum Gasteiger partial charge on any atom is -0.277 e. The summed E-state index contributed by atoms with van der Waals surface area (Å²) in [6.07, 6.45) is 0. The van der Waals surface area contributed by atoms with Crippen LogP contribution in [0, 0.1) is 14.9 Å². The minimum atomic E-state index is -0.499. The molecule has 0 aliphatic heterocycles. The average Bonchev–Trinajstić information content (AvgIpc) is 2.08. The van der Waals surface area contributed by atoms with Gasteiger partial charge < -0.3 is 0 Å². The molecule has 0 saturated heterocycles. The van der Waals surface area contributed by atoms with Crippen LogP contribution < -0.4 is 0 Å². The van der Waals surface area contributed by atoms with Crippen molar-refractivity contribution >= 4 is 44.3 Å². The molecule has 0 spiro atoms. The molecule has 1 rings (SSSR count). The van der Waals surface area contributed by atoms with E-state index in [2.05, 4.69) is 15.9 Å². The van der Waals surface area contributed by atoms with Crippen LogP contribution >= 0.6 is 38.5 Å². The smallest absolute Gasteiger partial charge is 0.263 e. The second-order valence-electron chi connectivity index (χ2n) is 2.07. The number of ketones is 1. The predicted molar refractivity (Wildman–Crippen MR) is 56.8 cm³/mol. The van der Waals surface area contributed by atoms with Gasteiger partial charge in [-0.3, -0.25) is 4.79 Å². The Bertz CT molecular complexity index is 370. The largest absolute Gasteiger partial charge is 0.277 e. The van der Waals surface area contributed by atoms with E-state index in [1.54, 1.807) is 18.2 Å². The Balaban J connectivity index is 3.25. The van der Waals surface area contributed by atoms with E-state index in [9.17, 15) is 4.79 Å². The fourth-order valence-corrected chi connectivity index (χ4v) is 1.67. The molecule has 1 aromatic rings. The number of benzene rings is 1. The summed E-state index contributed by atoms with van der Waals surface area (Å²) in [5.41, 5.74) is 0.451. The van der Waals surface area contributed by atoms with Crippen molar-refractivity contribution in [3.05, 3.63) is 31.8 Å². The first-order chi connectivity index (χ1) is 5.65. The van der Waals surface area contributed by atoms with Crippen LogP contribution in [-0.2, 0) is 0 Å². The fraction of sp³-hybridized carbons (Fsp3) is 0. The van der Waals surface area contributed by atoms with Crippen LogP contribution in [0.25, 0.3) is 0 Å². The van der Waals surface area contributed by atoms with Gasteiger partial charge in [0.15, 0.2) is 0 Å². The number of hydrogen-bond donors (Lipinski definition) is 0. The second-order valence-corrected chi connectivity index (χ2v) is 4.14. The molecule has 0 heterocycles. The van der Waals surface area contributed by atoms with Crippen LogP contribution in [0.1, 0.15) is 10.4 Å². The molecule has 0 saturated carbocycles. The maximum absolute atomic E-state index is 11.0. The molecule has 4 heteroatoms. The van der Waals surface area contributed by atoms with Crippen molar-refractivity contribution in [1.82, 2.24) is 0 Å². The molecule has 0 atom stereocenters. The summed E-state index contributed by atoms with van der Waals surface area (Å²) in [4.78, 5) is 11.0. The summed E-state index contributed by atoms with van der Waals surface area (Å²) in [7, 11) is 0. The van der Waals surface area contributed by atoms with Crippen LogP contribution in [-0.4, -0.2) is 5.78 Å². The number of Topliss-reactive ketones (excluding diaryl/α,β-unsaturated/α-hetero) is 1. The van der Waals surface area contributed by atoms with E-state index in [1.165, 1.54) is 0 Å². The van der Waals surface area contributed by atoms with Crippen molar-refractivity contribution in [2.75, 3.05) is 0 Å². The van der Waals surface area contributed by atoms with Crippen molar-refractivity contribution in [3.63, 3.8) is 0 Å². The van der Waals surface area contributed by atoms with Crippen molar-refractivity contribution < 1.29 is 4.79 Å². The fourth-order valence-electron chi connectivity index (χ4n) is 0.732. The zero-order valence-electron chi connectivity index (χ0n) is 5.84. The van der Waals surface area contributed by atoms with Gasteiger partial charge in [0.1, 0.15) is 6.07 Å². The number of halogens is 2. The molecule has 12 heavy (non-hydrogen) atoms. The topological polar surface area (TPSA) is 40.9 Å². The number of rotatable bonds is 1. The molecule has 0 aliphatic rings. The van der Waals surface area contributed by atoms with Gasteiger partial charge in [0.2, 0.25) is 0 Å². The standard InChI is InChI=1S/C8H3BrINO/c9-5-1-2-7(10)6(3-5)8(12)4-11/h1-3H. The lowest BCUT2D eigenvalue weighted by Gasteiger charge is -1.97. The highest BCUT2D eigenvalue weighted by Gasteiger charge is 2.08. The number of nitriles is 1. The first kappa shape index (κ1) is 9.68. The van der Waals surface area contributed by atoms with Crippen molar-refractivity contribution in [2.45, 2.75) is 0 Å². The lowest BCUT2D eigenvalue weighted by Crippen LogP contribution is -1.97. The molecule has 2 nitrogen and oxygen atoms in total. The van der Waals surface area contributed by atoms with Gasteiger partial charge >= 0.3 is 0 Å². The highest BCUT2D eigenvalue weighted by molar-refractivity contribution is 14.1. The SMILES string of the molecule is N#CC(=O)c1cc(Br)ccc1I. The van der Waals surface area contributed by atoms with Crippen LogP contribution in [0.2, 0.25) is 0 Å². The summed E-state index contributed by atoms with van der Waals surface area (Å²) in [5.74, 6) is -0.499. The average molecular weight is 336 g/mol. The Labute approximate surface area is 91.8 Å². The summed E-state index contributed by atoms with van der Waals surface area (Å²) in [5, 5.41) is 8.39. The van der Waals surface area contributed by atoms with Crippen LogP contribution in [0.4, 0.5) is 0 Å². The third-order valence-corrected chi connectivity index (χ3v) is 2.71. The molecule has 0 amide bonds. The van der Waals surface area contributed by atoms with E-state index in [4.69, 9.17) is 5.26 Å². The Morgan fingerprint density at radius 2 is 2.25 bits per heavy atom. The predicted octanol–water partition coefficient (Wildman–Crippen LogP) is 2.76. The Kier molecular flexibility index (Phi) is 3.23. The van der Waals surface area contributed by atoms with Gasteiger partial charge in [0.25, 0.3) is 5.78 Å². The highest BCUT2D eigenvalue weighted by atomic mass is 127. The van der Waals surface area contributed by atoms with E-state index >= 15 is 0 Å². The van der Waals surface area contributed by atoms with Gasteiger partial charge in [-0.25, -0.2) is 0 Å². The van der Waals surface area contributed by atoms with Crippen molar-refractivity contribution in [2.24, 2.45) is 0 Å². The van der Waals surface area contributed by atoms with E-state index in [0.29, 0.717) is 5.56 Å². The Morgan fingerprint density at radius 1 is 1.58 bits per heavy atom. The third-order valence-electron chi connectivity index (χ3n) is 1.27. The summed E-state index contributed by atoms with van der Waals surface area (Å²) in [6, 6.07) is 6.85. The molecule has 1 aromatic carbocycles. The van der Waals surface area contributed by atoms with Crippen LogP contribution in [0.15, 0.2) is 22.7 Å². The number of carbonyl (C=O) groups is 1. The van der Waals surface area contributed by atoms with Crippen LogP contribution in [0.5, 0.6) is 0 Å². The molecular formula is C8H3BrINO. The number of carbonyl (C=O) groups excluding carboxylic acids is 1. The zero-order chi connectivity index (χ0) is 9.14. The van der Waals surface area contributed by atoms with Gasteiger partial charge in [-0.1, -0.05) is 15.9 Å². The maximum atomic E-state index is 11.0. The minimum absolute atomic E-state index is 0.451. The lowest BCUT2D eigenvalue weighted by atomic mass is 10.1. The van der Waals surface area contributed by atoms with E-state index in [1.807, 2.05) is 28.7 Å². The molecule has 60 valence electrons. The lowest BCUT2D eigenvalue weighted by molar-refractivity contribution is 0.105. The molecule has 0 aromatic heterocycles. The first-order valence-corrected chi connectivity index (χ1v) is 4.92. The first-order valence-electron chi connectivity index (χ1n) is 3.04. The molecule has 0 radical (unpaired) electrons. The van der Waals surface area contributed by atoms with E-state index in [0.717, 1.165) is 8.04 Å².